The maximum atomic E-state index is 5.62. The van der Waals surface area contributed by atoms with E-state index in [1.807, 2.05) is 24.3 Å². The van der Waals surface area contributed by atoms with Gasteiger partial charge in [0.15, 0.2) is 0 Å². The molecule has 0 saturated heterocycles. The molecule has 1 unspecified atom stereocenters. The van der Waals surface area contributed by atoms with E-state index in [4.69, 9.17) is 10.3 Å². The maximum Gasteiger partial charge on any atom is 0.227 e. The second kappa shape index (κ2) is 6.75. The van der Waals surface area contributed by atoms with Crippen LogP contribution in [-0.4, -0.2) is 10.1 Å². The molecule has 0 bridgehead atoms. The molecule has 3 aromatic rings. The lowest BCUT2D eigenvalue weighted by Crippen LogP contribution is -2.01. The predicted molar refractivity (Wildman–Crippen MR) is 90.9 cm³/mol. The van der Waals surface area contributed by atoms with Crippen molar-refractivity contribution in [3.63, 3.8) is 0 Å². The number of aryl methyl sites for hydroxylation is 1. The molecule has 1 heterocycles. The zero-order chi connectivity index (χ0) is 16.2. The molecule has 1 atom stereocenters. The molecule has 2 N–H and O–H groups in total. The van der Waals surface area contributed by atoms with E-state index in [0.29, 0.717) is 24.2 Å². The van der Waals surface area contributed by atoms with Crippen LogP contribution >= 0.6 is 0 Å². The van der Waals surface area contributed by atoms with Crippen LogP contribution in [0.3, 0.4) is 0 Å². The maximum absolute atomic E-state index is 5.62. The van der Waals surface area contributed by atoms with Crippen molar-refractivity contribution < 1.29 is 4.52 Å². The minimum Gasteiger partial charge on any atom is -0.339 e. The van der Waals surface area contributed by atoms with Crippen molar-refractivity contribution in [2.45, 2.75) is 32.7 Å². The Morgan fingerprint density at radius 1 is 1.09 bits per heavy atom. The third-order valence-corrected chi connectivity index (χ3v) is 4.12. The molecule has 4 nitrogen and oxygen atoms in total. The van der Waals surface area contributed by atoms with E-state index in [1.165, 1.54) is 11.1 Å². The van der Waals surface area contributed by atoms with Crippen LogP contribution in [0.5, 0.6) is 0 Å². The van der Waals surface area contributed by atoms with Crippen LogP contribution in [-0.2, 0) is 13.0 Å². The SMILES string of the molecule is Cc1ccccc1C(C)Cc1nc(-c2ccc(CN)cc2)no1. The first-order valence-electron chi connectivity index (χ1n) is 7.85. The summed E-state index contributed by atoms with van der Waals surface area (Å²) in [6, 6.07) is 16.3. The third-order valence-electron chi connectivity index (χ3n) is 4.12. The van der Waals surface area contributed by atoms with E-state index < -0.39 is 0 Å². The third kappa shape index (κ3) is 3.48. The van der Waals surface area contributed by atoms with Gasteiger partial charge in [0.05, 0.1) is 0 Å². The van der Waals surface area contributed by atoms with Crippen LogP contribution < -0.4 is 5.73 Å². The van der Waals surface area contributed by atoms with Crippen LogP contribution in [0.15, 0.2) is 53.1 Å². The van der Waals surface area contributed by atoms with Crippen molar-refractivity contribution in [3.8, 4) is 11.4 Å². The fourth-order valence-electron chi connectivity index (χ4n) is 2.76. The van der Waals surface area contributed by atoms with E-state index in [1.54, 1.807) is 0 Å². The van der Waals surface area contributed by atoms with Gasteiger partial charge in [-0.15, -0.1) is 0 Å². The average molecular weight is 307 g/mol. The summed E-state index contributed by atoms with van der Waals surface area (Å²) in [5.41, 5.74) is 10.3. The number of rotatable bonds is 5. The Kier molecular flexibility index (Phi) is 4.53. The van der Waals surface area contributed by atoms with Gasteiger partial charge in [-0.05, 0) is 29.5 Å². The quantitative estimate of drug-likeness (QED) is 0.777. The highest BCUT2D eigenvalue weighted by molar-refractivity contribution is 5.54. The van der Waals surface area contributed by atoms with Crippen molar-refractivity contribution in [3.05, 3.63) is 71.1 Å². The summed E-state index contributed by atoms with van der Waals surface area (Å²) in [7, 11) is 0. The lowest BCUT2D eigenvalue weighted by Gasteiger charge is -2.11. The standard InChI is InChI=1S/C19H21N3O/c1-13-5-3-4-6-17(13)14(2)11-18-21-19(22-23-18)16-9-7-15(12-20)8-10-16/h3-10,14H,11-12,20H2,1-2H3. The molecule has 2 aromatic carbocycles. The van der Waals surface area contributed by atoms with Crippen molar-refractivity contribution in [1.29, 1.82) is 0 Å². The normalized spacial score (nSPS) is 12.3. The minimum atomic E-state index is 0.337. The van der Waals surface area contributed by atoms with E-state index in [0.717, 1.165) is 17.5 Å². The number of nitrogens with zero attached hydrogens (tertiary/aromatic N) is 2. The van der Waals surface area contributed by atoms with Gasteiger partial charge in [0.25, 0.3) is 0 Å². The first-order valence-corrected chi connectivity index (χ1v) is 7.85. The Morgan fingerprint density at radius 2 is 1.83 bits per heavy atom. The van der Waals surface area contributed by atoms with E-state index >= 15 is 0 Å². The topological polar surface area (TPSA) is 64.9 Å². The van der Waals surface area contributed by atoms with Gasteiger partial charge in [0.2, 0.25) is 11.7 Å². The summed E-state index contributed by atoms with van der Waals surface area (Å²) in [4.78, 5) is 4.52. The van der Waals surface area contributed by atoms with Crippen LogP contribution in [0.25, 0.3) is 11.4 Å². The first-order chi connectivity index (χ1) is 11.2. The Bertz CT molecular complexity index is 777. The summed E-state index contributed by atoms with van der Waals surface area (Å²) in [5, 5.41) is 4.09. The molecular weight excluding hydrogens is 286 g/mol. The molecule has 0 amide bonds. The number of nitrogens with two attached hydrogens (primary N) is 1. The molecule has 118 valence electrons. The van der Waals surface area contributed by atoms with Gasteiger partial charge in [-0.3, -0.25) is 0 Å². The van der Waals surface area contributed by atoms with Crippen molar-refractivity contribution in [2.24, 2.45) is 5.73 Å². The van der Waals surface area contributed by atoms with Gasteiger partial charge in [-0.2, -0.15) is 4.98 Å². The first kappa shape index (κ1) is 15.4. The molecule has 0 spiro atoms. The number of hydrogen-bond donors (Lipinski definition) is 1. The molecule has 0 fully saturated rings. The number of aromatic nitrogens is 2. The van der Waals surface area contributed by atoms with Gasteiger partial charge in [-0.1, -0.05) is 60.6 Å². The molecule has 23 heavy (non-hydrogen) atoms. The number of benzene rings is 2. The highest BCUT2D eigenvalue weighted by Gasteiger charge is 2.14. The fourth-order valence-corrected chi connectivity index (χ4v) is 2.76. The van der Waals surface area contributed by atoms with Gasteiger partial charge in [-0.25, -0.2) is 0 Å². The van der Waals surface area contributed by atoms with Crippen LogP contribution in [0.1, 0.15) is 35.4 Å². The van der Waals surface area contributed by atoms with E-state index in [2.05, 4.69) is 48.3 Å². The Balaban J connectivity index is 1.75. The van der Waals surface area contributed by atoms with E-state index in [-0.39, 0.29) is 0 Å². The second-order valence-corrected chi connectivity index (χ2v) is 5.87. The monoisotopic (exact) mass is 307 g/mol. The van der Waals surface area contributed by atoms with Crippen LogP contribution in [0, 0.1) is 6.92 Å². The van der Waals surface area contributed by atoms with Gasteiger partial charge in [0.1, 0.15) is 0 Å². The summed E-state index contributed by atoms with van der Waals surface area (Å²) in [6.07, 6.45) is 0.735. The molecule has 4 heteroatoms. The Hall–Kier alpha value is -2.46. The molecule has 0 aliphatic carbocycles. The summed E-state index contributed by atoms with van der Waals surface area (Å²) >= 11 is 0. The summed E-state index contributed by atoms with van der Waals surface area (Å²) < 4.78 is 5.42. The van der Waals surface area contributed by atoms with Gasteiger partial charge >= 0.3 is 0 Å². The molecule has 0 aliphatic rings. The molecular formula is C19H21N3O. The smallest absolute Gasteiger partial charge is 0.227 e. The van der Waals surface area contributed by atoms with Crippen molar-refractivity contribution >= 4 is 0 Å². The molecule has 1 aromatic heterocycles. The zero-order valence-corrected chi connectivity index (χ0v) is 13.5. The number of hydrogen-bond acceptors (Lipinski definition) is 4. The van der Waals surface area contributed by atoms with E-state index in [9.17, 15) is 0 Å². The highest BCUT2D eigenvalue weighted by Crippen LogP contribution is 2.24. The summed E-state index contributed by atoms with van der Waals surface area (Å²) in [5.74, 6) is 1.63. The second-order valence-electron chi connectivity index (χ2n) is 5.87. The van der Waals surface area contributed by atoms with Crippen molar-refractivity contribution in [2.75, 3.05) is 0 Å². The Labute approximate surface area is 136 Å². The minimum absolute atomic E-state index is 0.337. The largest absolute Gasteiger partial charge is 0.339 e. The van der Waals surface area contributed by atoms with Crippen LogP contribution in [0.4, 0.5) is 0 Å². The van der Waals surface area contributed by atoms with Gasteiger partial charge < -0.3 is 10.3 Å². The predicted octanol–water partition coefficient (Wildman–Crippen LogP) is 3.85. The average Bonchev–Trinajstić information content (AvgIpc) is 3.03. The fraction of sp³-hybridized carbons (Fsp3) is 0.263. The highest BCUT2D eigenvalue weighted by atomic mass is 16.5. The lowest BCUT2D eigenvalue weighted by molar-refractivity contribution is 0.372. The Morgan fingerprint density at radius 3 is 2.52 bits per heavy atom. The van der Waals surface area contributed by atoms with Crippen LogP contribution in [0.2, 0.25) is 0 Å². The summed E-state index contributed by atoms with van der Waals surface area (Å²) in [6.45, 7) is 4.85. The van der Waals surface area contributed by atoms with Crippen molar-refractivity contribution in [1.82, 2.24) is 10.1 Å². The molecule has 3 rings (SSSR count). The van der Waals surface area contributed by atoms with Gasteiger partial charge in [0, 0.05) is 18.5 Å². The zero-order valence-electron chi connectivity index (χ0n) is 13.5. The molecule has 0 aliphatic heterocycles. The lowest BCUT2D eigenvalue weighted by atomic mass is 9.94. The molecule has 0 saturated carbocycles. The molecule has 0 radical (unpaired) electrons.